The van der Waals surface area contributed by atoms with Gasteiger partial charge in [0.1, 0.15) is 0 Å². The van der Waals surface area contributed by atoms with Gasteiger partial charge in [-0.05, 0) is 24.1 Å². The van der Waals surface area contributed by atoms with Gasteiger partial charge in [-0.25, -0.2) is 0 Å². The second-order valence-corrected chi connectivity index (χ2v) is 5.63. The number of amides is 1. The van der Waals surface area contributed by atoms with Crippen molar-refractivity contribution in [2.75, 3.05) is 20.3 Å². The lowest BCUT2D eigenvalue weighted by molar-refractivity contribution is -0.152. The number of likely N-dealkylation sites (tertiary alicyclic amines) is 1. The maximum Gasteiger partial charge on any atom is 0.416 e. The Labute approximate surface area is 137 Å². The average molecular weight is 345 g/mol. The fraction of sp³-hybridized carbons (Fsp3) is 0.500. The van der Waals surface area contributed by atoms with Crippen LogP contribution in [0.5, 0.6) is 0 Å². The van der Waals surface area contributed by atoms with Crippen molar-refractivity contribution in [3.8, 4) is 0 Å². The Morgan fingerprint density at radius 1 is 1.42 bits per heavy atom. The molecule has 8 heteroatoms. The first kappa shape index (κ1) is 18.3. The van der Waals surface area contributed by atoms with Crippen molar-refractivity contribution in [1.82, 2.24) is 4.90 Å². The summed E-state index contributed by atoms with van der Waals surface area (Å²) in [4.78, 5) is 25.1. The quantitative estimate of drug-likeness (QED) is 0.891. The second-order valence-electron chi connectivity index (χ2n) is 5.63. The summed E-state index contributed by atoms with van der Waals surface area (Å²) < 4.78 is 43.8. The van der Waals surface area contributed by atoms with Crippen LogP contribution in [0.25, 0.3) is 0 Å². The summed E-state index contributed by atoms with van der Waals surface area (Å²) in [6, 6.07) is 3.54. The summed E-state index contributed by atoms with van der Waals surface area (Å²) >= 11 is 0. The third-order valence-corrected chi connectivity index (χ3v) is 4.12. The van der Waals surface area contributed by atoms with Crippen molar-refractivity contribution >= 4 is 11.9 Å². The summed E-state index contributed by atoms with van der Waals surface area (Å²) in [5.41, 5.74) is -0.699. The van der Waals surface area contributed by atoms with E-state index in [1.165, 1.54) is 24.1 Å². The maximum absolute atomic E-state index is 13.0. The van der Waals surface area contributed by atoms with Crippen molar-refractivity contribution in [3.05, 3.63) is 35.4 Å². The zero-order valence-corrected chi connectivity index (χ0v) is 13.0. The van der Waals surface area contributed by atoms with E-state index in [2.05, 4.69) is 0 Å². The standard InChI is InChI=1S/C16H18F3NO4/c1-24-8-7-20-13(21)6-5-12(15(22)23)14(20)10-3-2-4-11(9-10)16(17,18)19/h2-4,9,12,14H,5-8H2,1H3,(H,22,23)/t12-,14+/m0/s1. The minimum atomic E-state index is -4.54. The minimum absolute atomic E-state index is 0.0517. The molecule has 0 radical (unpaired) electrons. The van der Waals surface area contributed by atoms with Crippen molar-refractivity contribution in [2.24, 2.45) is 5.92 Å². The Morgan fingerprint density at radius 2 is 2.12 bits per heavy atom. The largest absolute Gasteiger partial charge is 0.481 e. The van der Waals surface area contributed by atoms with Gasteiger partial charge in [0, 0.05) is 20.1 Å². The molecular formula is C16H18F3NO4. The number of alkyl halides is 3. The van der Waals surface area contributed by atoms with Crippen LogP contribution in [0, 0.1) is 5.92 Å². The molecule has 0 bridgehead atoms. The molecule has 1 N–H and O–H groups in total. The molecule has 0 saturated carbocycles. The van der Waals surface area contributed by atoms with Crippen LogP contribution in [-0.4, -0.2) is 42.1 Å². The molecular weight excluding hydrogens is 327 g/mol. The summed E-state index contributed by atoms with van der Waals surface area (Å²) in [5.74, 6) is -2.37. The van der Waals surface area contributed by atoms with Gasteiger partial charge in [-0.1, -0.05) is 12.1 Å². The number of carbonyl (C=O) groups excluding carboxylic acids is 1. The number of rotatable bonds is 5. The first-order valence-corrected chi connectivity index (χ1v) is 7.44. The number of aliphatic carboxylic acids is 1. The molecule has 1 aromatic carbocycles. The van der Waals surface area contributed by atoms with E-state index in [9.17, 15) is 27.9 Å². The van der Waals surface area contributed by atoms with E-state index < -0.39 is 29.7 Å². The van der Waals surface area contributed by atoms with E-state index in [1.807, 2.05) is 0 Å². The zero-order valence-electron chi connectivity index (χ0n) is 13.0. The lowest BCUT2D eigenvalue weighted by Gasteiger charge is -2.39. The Balaban J connectivity index is 2.45. The van der Waals surface area contributed by atoms with Gasteiger partial charge in [0.2, 0.25) is 5.91 Å². The predicted molar refractivity (Wildman–Crippen MR) is 78.1 cm³/mol. The number of hydrogen-bond donors (Lipinski definition) is 1. The molecule has 0 aliphatic carbocycles. The molecule has 1 aromatic rings. The van der Waals surface area contributed by atoms with Crippen molar-refractivity contribution in [1.29, 1.82) is 0 Å². The van der Waals surface area contributed by atoms with E-state index in [0.29, 0.717) is 0 Å². The van der Waals surface area contributed by atoms with Gasteiger partial charge >= 0.3 is 12.1 Å². The van der Waals surface area contributed by atoms with Gasteiger partial charge in [0.15, 0.2) is 0 Å². The summed E-state index contributed by atoms with van der Waals surface area (Å²) in [6.45, 7) is 0.299. The van der Waals surface area contributed by atoms with Crippen LogP contribution >= 0.6 is 0 Å². The SMILES string of the molecule is COCCN1C(=O)CC[C@H](C(=O)O)[C@H]1c1cccc(C(F)(F)F)c1. The molecule has 2 atom stereocenters. The van der Waals surface area contributed by atoms with Gasteiger partial charge in [-0.3, -0.25) is 9.59 Å². The fourth-order valence-corrected chi connectivity index (χ4v) is 2.98. The number of carboxylic acid groups (broad SMARTS) is 1. The highest BCUT2D eigenvalue weighted by Gasteiger charge is 2.41. The van der Waals surface area contributed by atoms with E-state index >= 15 is 0 Å². The number of halogens is 3. The number of benzene rings is 1. The number of ether oxygens (including phenoxy) is 1. The Bertz CT molecular complexity index is 618. The van der Waals surface area contributed by atoms with E-state index in [4.69, 9.17) is 4.74 Å². The summed E-state index contributed by atoms with van der Waals surface area (Å²) in [6.07, 6.45) is -4.39. The lowest BCUT2D eigenvalue weighted by atomic mass is 9.84. The Kier molecular flexibility index (Phi) is 5.48. The second kappa shape index (κ2) is 7.21. The van der Waals surface area contributed by atoms with E-state index in [0.717, 1.165) is 12.1 Å². The van der Waals surface area contributed by atoms with Crippen LogP contribution in [0.15, 0.2) is 24.3 Å². The van der Waals surface area contributed by atoms with E-state index in [1.54, 1.807) is 0 Å². The van der Waals surface area contributed by atoms with Crippen LogP contribution in [0.2, 0.25) is 0 Å². The van der Waals surface area contributed by atoms with Crippen molar-refractivity contribution in [3.63, 3.8) is 0 Å². The molecule has 1 amide bonds. The monoisotopic (exact) mass is 345 g/mol. The summed E-state index contributed by atoms with van der Waals surface area (Å²) in [5, 5.41) is 9.44. The number of methoxy groups -OCH3 is 1. The fourth-order valence-electron chi connectivity index (χ4n) is 2.98. The number of nitrogens with zero attached hydrogens (tertiary/aromatic N) is 1. The topological polar surface area (TPSA) is 66.8 Å². The third-order valence-electron chi connectivity index (χ3n) is 4.12. The van der Waals surface area contributed by atoms with Crippen LogP contribution < -0.4 is 0 Å². The molecule has 0 unspecified atom stereocenters. The number of carboxylic acids is 1. The molecule has 1 aliphatic rings. The number of piperidine rings is 1. The van der Waals surface area contributed by atoms with Gasteiger partial charge in [0.25, 0.3) is 0 Å². The first-order chi connectivity index (χ1) is 11.3. The molecule has 2 rings (SSSR count). The normalized spacial score (nSPS) is 21.8. The number of carbonyl (C=O) groups is 2. The van der Waals surface area contributed by atoms with Gasteiger partial charge in [-0.15, -0.1) is 0 Å². The Hall–Kier alpha value is -2.09. The maximum atomic E-state index is 13.0. The molecule has 24 heavy (non-hydrogen) atoms. The van der Waals surface area contributed by atoms with Gasteiger partial charge in [-0.2, -0.15) is 13.2 Å². The van der Waals surface area contributed by atoms with Crippen LogP contribution in [0.3, 0.4) is 0 Å². The number of hydrogen-bond acceptors (Lipinski definition) is 3. The van der Waals surface area contributed by atoms with Crippen LogP contribution in [0.1, 0.15) is 30.0 Å². The third kappa shape index (κ3) is 3.87. The van der Waals surface area contributed by atoms with Crippen LogP contribution in [0.4, 0.5) is 13.2 Å². The lowest BCUT2D eigenvalue weighted by Crippen LogP contribution is -2.46. The Morgan fingerprint density at radius 3 is 2.71 bits per heavy atom. The van der Waals surface area contributed by atoms with Gasteiger partial charge < -0.3 is 14.7 Å². The molecule has 0 spiro atoms. The van der Waals surface area contributed by atoms with Crippen molar-refractivity contribution in [2.45, 2.75) is 25.1 Å². The molecule has 1 heterocycles. The molecule has 0 aromatic heterocycles. The molecule has 1 fully saturated rings. The summed E-state index contributed by atoms with van der Waals surface area (Å²) in [7, 11) is 1.43. The minimum Gasteiger partial charge on any atom is -0.481 e. The van der Waals surface area contributed by atoms with E-state index in [-0.39, 0.29) is 37.5 Å². The highest BCUT2D eigenvalue weighted by Crippen LogP contribution is 2.39. The molecule has 1 aliphatic heterocycles. The van der Waals surface area contributed by atoms with Crippen LogP contribution in [-0.2, 0) is 20.5 Å². The first-order valence-electron chi connectivity index (χ1n) is 7.44. The predicted octanol–water partition coefficient (Wildman–Crippen LogP) is 2.72. The van der Waals surface area contributed by atoms with Crippen molar-refractivity contribution < 1.29 is 32.6 Å². The highest BCUT2D eigenvalue weighted by atomic mass is 19.4. The zero-order chi connectivity index (χ0) is 17.9. The average Bonchev–Trinajstić information content (AvgIpc) is 2.52. The molecule has 5 nitrogen and oxygen atoms in total. The highest BCUT2D eigenvalue weighted by molar-refractivity contribution is 5.81. The molecule has 1 saturated heterocycles. The van der Waals surface area contributed by atoms with Gasteiger partial charge in [0.05, 0.1) is 24.1 Å². The molecule has 132 valence electrons. The smallest absolute Gasteiger partial charge is 0.416 e.